The molecule has 2 heteroatoms. The molecule has 13 heavy (non-hydrogen) atoms. The molecule has 0 aliphatic heterocycles. The Morgan fingerprint density at radius 1 is 1.31 bits per heavy atom. The zero-order valence-electron chi connectivity index (χ0n) is 7.83. The molecule has 2 nitrogen and oxygen atoms in total. The van der Waals surface area contributed by atoms with E-state index < -0.39 is 0 Å². The Hall–Kier alpha value is -1.44. The topological polar surface area (TPSA) is 30.9 Å². The van der Waals surface area contributed by atoms with Crippen molar-refractivity contribution in [2.24, 2.45) is 0 Å². The Morgan fingerprint density at radius 3 is 2.77 bits per heavy atom. The van der Waals surface area contributed by atoms with Crippen LogP contribution >= 0.6 is 0 Å². The van der Waals surface area contributed by atoms with Crippen LogP contribution in [0.5, 0.6) is 0 Å². The van der Waals surface area contributed by atoms with Gasteiger partial charge in [0.15, 0.2) is 0 Å². The molecular weight excluding hydrogens is 160 g/mol. The summed E-state index contributed by atoms with van der Waals surface area (Å²) in [6, 6.07) is 10.4. The molecule has 0 radical (unpaired) electrons. The Balaban J connectivity index is 2.60. The molecule has 1 heterocycles. The van der Waals surface area contributed by atoms with E-state index in [0.29, 0.717) is 0 Å². The van der Waals surface area contributed by atoms with E-state index in [-0.39, 0.29) is 0 Å². The van der Waals surface area contributed by atoms with Crippen molar-refractivity contribution in [2.75, 3.05) is 5.84 Å². The van der Waals surface area contributed by atoms with Gasteiger partial charge in [0.25, 0.3) is 0 Å². The quantitative estimate of drug-likeness (QED) is 0.696. The first-order chi connectivity index (χ1) is 6.33. The number of hydrogen-bond acceptors (Lipinski definition) is 1. The third-order valence-corrected chi connectivity index (χ3v) is 2.33. The molecule has 0 fully saturated rings. The van der Waals surface area contributed by atoms with Crippen molar-refractivity contribution in [3.8, 4) is 0 Å². The van der Waals surface area contributed by atoms with Gasteiger partial charge in [0.1, 0.15) is 0 Å². The predicted molar refractivity (Wildman–Crippen MR) is 56.1 cm³/mol. The summed E-state index contributed by atoms with van der Waals surface area (Å²) in [4.78, 5) is 0. The maximum atomic E-state index is 5.94. The zero-order chi connectivity index (χ0) is 9.26. The molecule has 2 aromatic rings. The van der Waals surface area contributed by atoms with Crippen LogP contribution in [0.1, 0.15) is 19.0 Å². The summed E-state index contributed by atoms with van der Waals surface area (Å²) in [6.07, 6.45) is 2.18. The molecule has 0 saturated carbocycles. The highest BCUT2D eigenvalue weighted by Gasteiger charge is 2.03. The van der Waals surface area contributed by atoms with Crippen LogP contribution in [-0.4, -0.2) is 4.68 Å². The molecule has 0 aliphatic carbocycles. The third-order valence-electron chi connectivity index (χ3n) is 2.33. The molecule has 0 atom stereocenters. The Bertz CT molecular complexity index is 415. The number of aryl methyl sites for hydroxylation is 1. The van der Waals surface area contributed by atoms with Gasteiger partial charge in [0.05, 0.1) is 5.52 Å². The van der Waals surface area contributed by atoms with Gasteiger partial charge < -0.3 is 5.84 Å². The van der Waals surface area contributed by atoms with Crippen LogP contribution in [0.15, 0.2) is 30.3 Å². The smallest absolute Gasteiger partial charge is 0.0693 e. The summed E-state index contributed by atoms with van der Waals surface area (Å²) >= 11 is 0. The van der Waals surface area contributed by atoms with Gasteiger partial charge in [0.2, 0.25) is 0 Å². The molecule has 1 aromatic heterocycles. The van der Waals surface area contributed by atoms with E-state index in [1.165, 1.54) is 11.1 Å². The number of nitrogen functional groups attached to an aromatic ring is 1. The summed E-state index contributed by atoms with van der Waals surface area (Å²) in [5.74, 6) is 5.94. The van der Waals surface area contributed by atoms with Gasteiger partial charge in [-0.3, -0.25) is 4.68 Å². The van der Waals surface area contributed by atoms with Crippen LogP contribution in [-0.2, 0) is 6.42 Å². The highest BCUT2D eigenvalue weighted by atomic mass is 15.3. The van der Waals surface area contributed by atoms with Crippen molar-refractivity contribution in [2.45, 2.75) is 19.8 Å². The second-order valence-corrected chi connectivity index (χ2v) is 3.31. The number of para-hydroxylation sites is 1. The lowest BCUT2D eigenvalue weighted by atomic mass is 10.2. The van der Waals surface area contributed by atoms with Crippen molar-refractivity contribution < 1.29 is 0 Å². The van der Waals surface area contributed by atoms with Crippen molar-refractivity contribution in [1.82, 2.24) is 4.68 Å². The fourth-order valence-corrected chi connectivity index (χ4v) is 1.68. The van der Waals surface area contributed by atoms with Gasteiger partial charge in [0, 0.05) is 11.1 Å². The first kappa shape index (κ1) is 8.17. The SMILES string of the molecule is CCCc1cc2ccccc2n1N. The maximum absolute atomic E-state index is 5.94. The van der Waals surface area contributed by atoms with Crippen LogP contribution in [0.25, 0.3) is 10.9 Å². The highest BCUT2D eigenvalue weighted by molar-refractivity contribution is 5.81. The number of rotatable bonds is 2. The normalized spacial score (nSPS) is 10.8. The first-order valence-corrected chi connectivity index (χ1v) is 4.67. The van der Waals surface area contributed by atoms with E-state index in [2.05, 4.69) is 25.1 Å². The molecule has 0 aliphatic rings. The Kier molecular flexibility index (Phi) is 1.97. The summed E-state index contributed by atoms with van der Waals surface area (Å²) in [5.41, 5.74) is 2.33. The number of nitrogens with two attached hydrogens (primary N) is 1. The molecule has 2 N–H and O–H groups in total. The monoisotopic (exact) mass is 174 g/mol. The van der Waals surface area contributed by atoms with Gasteiger partial charge in [-0.15, -0.1) is 0 Å². The van der Waals surface area contributed by atoms with E-state index in [9.17, 15) is 0 Å². The van der Waals surface area contributed by atoms with Crippen LogP contribution in [0.2, 0.25) is 0 Å². The number of nitrogens with zero attached hydrogens (tertiary/aromatic N) is 1. The van der Waals surface area contributed by atoms with Crippen molar-refractivity contribution >= 4 is 10.9 Å². The van der Waals surface area contributed by atoms with E-state index in [0.717, 1.165) is 18.4 Å². The van der Waals surface area contributed by atoms with E-state index in [1.807, 2.05) is 12.1 Å². The minimum atomic E-state index is 1.05. The molecule has 0 unspecified atom stereocenters. The molecular formula is C11H14N2. The lowest BCUT2D eigenvalue weighted by Gasteiger charge is -2.01. The van der Waals surface area contributed by atoms with E-state index in [4.69, 9.17) is 5.84 Å². The largest absolute Gasteiger partial charge is 0.339 e. The van der Waals surface area contributed by atoms with Gasteiger partial charge in [-0.05, 0) is 18.6 Å². The minimum Gasteiger partial charge on any atom is -0.339 e. The van der Waals surface area contributed by atoms with Crippen LogP contribution < -0.4 is 5.84 Å². The maximum Gasteiger partial charge on any atom is 0.0693 e. The highest BCUT2D eigenvalue weighted by Crippen LogP contribution is 2.17. The molecule has 0 spiro atoms. The van der Waals surface area contributed by atoms with Gasteiger partial charge in [-0.2, -0.15) is 0 Å². The molecule has 2 rings (SSSR count). The third kappa shape index (κ3) is 1.28. The molecule has 0 bridgehead atoms. The summed E-state index contributed by atoms with van der Waals surface area (Å²) in [6.45, 7) is 2.16. The zero-order valence-corrected chi connectivity index (χ0v) is 7.83. The summed E-state index contributed by atoms with van der Waals surface area (Å²) < 4.78 is 1.79. The van der Waals surface area contributed by atoms with E-state index >= 15 is 0 Å². The average molecular weight is 174 g/mol. The number of benzene rings is 1. The Labute approximate surface area is 77.9 Å². The van der Waals surface area contributed by atoms with Crippen molar-refractivity contribution in [3.63, 3.8) is 0 Å². The lowest BCUT2D eigenvalue weighted by Crippen LogP contribution is -2.11. The number of hydrogen-bond donors (Lipinski definition) is 1. The number of aromatic nitrogens is 1. The first-order valence-electron chi connectivity index (χ1n) is 4.67. The molecule has 68 valence electrons. The van der Waals surface area contributed by atoms with Crippen LogP contribution in [0, 0.1) is 0 Å². The molecule has 1 aromatic carbocycles. The lowest BCUT2D eigenvalue weighted by molar-refractivity contribution is 0.836. The van der Waals surface area contributed by atoms with Crippen molar-refractivity contribution in [1.29, 1.82) is 0 Å². The van der Waals surface area contributed by atoms with Crippen LogP contribution in [0.3, 0.4) is 0 Å². The predicted octanol–water partition coefficient (Wildman–Crippen LogP) is 2.31. The second kappa shape index (κ2) is 3.13. The molecule has 0 saturated heterocycles. The van der Waals surface area contributed by atoms with Gasteiger partial charge >= 0.3 is 0 Å². The molecule has 0 amide bonds. The number of fused-ring (bicyclic) bond motifs is 1. The van der Waals surface area contributed by atoms with Gasteiger partial charge in [-0.1, -0.05) is 31.5 Å². The standard InChI is InChI=1S/C11H14N2/c1-2-5-10-8-9-6-3-4-7-11(9)13(10)12/h3-4,6-8H,2,5,12H2,1H3. The second-order valence-electron chi connectivity index (χ2n) is 3.31. The average Bonchev–Trinajstić information content (AvgIpc) is 2.46. The van der Waals surface area contributed by atoms with E-state index in [1.54, 1.807) is 4.68 Å². The van der Waals surface area contributed by atoms with Crippen LogP contribution in [0.4, 0.5) is 0 Å². The summed E-state index contributed by atoms with van der Waals surface area (Å²) in [5, 5.41) is 1.23. The Morgan fingerprint density at radius 2 is 2.08 bits per heavy atom. The van der Waals surface area contributed by atoms with Gasteiger partial charge in [-0.25, -0.2) is 0 Å². The fourth-order valence-electron chi connectivity index (χ4n) is 1.68. The minimum absolute atomic E-state index is 1.05. The van der Waals surface area contributed by atoms with Crippen molar-refractivity contribution in [3.05, 3.63) is 36.0 Å². The fraction of sp³-hybridized carbons (Fsp3) is 0.273. The summed E-state index contributed by atoms with van der Waals surface area (Å²) in [7, 11) is 0.